The fourth-order valence-electron chi connectivity index (χ4n) is 2.26. The molecule has 0 aromatic heterocycles. The zero-order chi connectivity index (χ0) is 15.1. The Kier molecular flexibility index (Phi) is 4.02. The summed E-state index contributed by atoms with van der Waals surface area (Å²) in [6, 6.07) is 0. The van der Waals surface area contributed by atoms with Gasteiger partial charge in [0.2, 0.25) is 0 Å². The second kappa shape index (κ2) is 5.17. The Bertz CT molecular complexity index is 389. The van der Waals surface area contributed by atoms with Gasteiger partial charge in [0.1, 0.15) is 18.9 Å². The molecule has 2 rings (SSSR count). The lowest BCUT2D eigenvalue weighted by Gasteiger charge is -2.37. The van der Waals surface area contributed by atoms with Crippen molar-refractivity contribution in [2.24, 2.45) is 0 Å². The number of aliphatic hydroxyl groups is 2. The van der Waals surface area contributed by atoms with Crippen molar-refractivity contribution in [2.75, 3.05) is 13.3 Å². The lowest BCUT2D eigenvalue weighted by atomic mass is 9.99. The van der Waals surface area contributed by atoms with Crippen LogP contribution in [0.4, 0.5) is 4.39 Å². The molecule has 9 heteroatoms. The second-order valence-electron chi connectivity index (χ2n) is 5.13. The SMILES string of the molecule is CC1(C)O[C@@H]([C@@H]2OC(CF)OC[C@@H]2O)[C@@](O)(C(=O)O)O1. The van der Waals surface area contributed by atoms with Crippen molar-refractivity contribution in [3.63, 3.8) is 0 Å². The number of hydrogen-bond acceptors (Lipinski definition) is 7. The molecular formula is C11H17FO8. The van der Waals surface area contributed by atoms with Crippen molar-refractivity contribution in [2.45, 2.75) is 50.0 Å². The third kappa shape index (κ3) is 2.65. The molecule has 2 aliphatic heterocycles. The molecule has 0 bridgehead atoms. The molecule has 1 unspecified atom stereocenters. The summed E-state index contributed by atoms with van der Waals surface area (Å²) in [5, 5.41) is 29.1. The molecule has 0 aliphatic carbocycles. The van der Waals surface area contributed by atoms with Gasteiger partial charge in [0.05, 0.1) is 6.61 Å². The van der Waals surface area contributed by atoms with E-state index in [2.05, 4.69) is 0 Å². The van der Waals surface area contributed by atoms with Gasteiger partial charge in [0.25, 0.3) is 5.79 Å². The Morgan fingerprint density at radius 1 is 1.45 bits per heavy atom. The highest BCUT2D eigenvalue weighted by atomic mass is 19.1. The minimum absolute atomic E-state index is 0.269. The highest BCUT2D eigenvalue weighted by Gasteiger charge is 2.63. The van der Waals surface area contributed by atoms with Gasteiger partial charge in [-0.25, -0.2) is 9.18 Å². The first-order valence-corrected chi connectivity index (χ1v) is 6.04. The van der Waals surface area contributed by atoms with Crippen molar-refractivity contribution >= 4 is 5.97 Å². The summed E-state index contributed by atoms with van der Waals surface area (Å²) in [6.45, 7) is 1.55. The minimum atomic E-state index is -2.70. The Hall–Kier alpha value is -0.840. The van der Waals surface area contributed by atoms with E-state index in [0.29, 0.717) is 0 Å². The fraction of sp³-hybridized carbons (Fsp3) is 0.909. The molecular weight excluding hydrogens is 279 g/mol. The molecule has 20 heavy (non-hydrogen) atoms. The van der Waals surface area contributed by atoms with Crippen LogP contribution in [0, 0.1) is 0 Å². The third-order valence-electron chi connectivity index (χ3n) is 3.07. The summed E-state index contributed by atoms with van der Waals surface area (Å²) in [5.41, 5.74) is 0. The second-order valence-corrected chi connectivity index (χ2v) is 5.13. The molecule has 3 N–H and O–H groups in total. The number of hydrogen-bond donors (Lipinski definition) is 3. The molecule has 2 saturated heterocycles. The summed E-state index contributed by atoms with van der Waals surface area (Å²) in [4.78, 5) is 11.2. The maximum Gasteiger partial charge on any atom is 0.367 e. The van der Waals surface area contributed by atoms with Crippen LogP contribution in [0.15, 0.2) is 0 Å². The minimum Gasteiger partial charge on any atom is -0.477 e. The Morgan fingerprint density at radius 2 is 2.10 bits per heavy atom. The Balaban J connectivity index is 2.26. The highest BCUT2D eigenvalue weighted by molar-refractivity contribution is 5.76. The average molecular weight is 296 g/mol. The largest absolute Gasteiger partial charge is 0.477 e. The van der Waals surface area contributed by atoms with Crippen LogP contribution in [0.2, 0.25) is 0 Å². The predicted octanol–water partition coefficient (Wildman–Crippen LogP) is -1.02. The van der Waals surface area contributed by atoms with Crippen LogP contribution in [0.1, 0.15) is 13.8 Å². The first kappa shape index (κ1) is 15.5. The third-order valence-corrected chi connectivity index (χ3v) is 3.07. The molecule has 0 amide bonds. The number of carbonyl (C=O) groups is 1. The topological polar surface area (TPSA) is 115 Å². The van der Waals surface area contributed by atoms with Gasteiger partial charge >= 0.3 is 5.97 Å². The van der Waals surface area contributed by atoms with Crippen LogP contribution in [-0.2, 0) is 23.7 Å². The number of carboxylic acids is 1. The summed E-state index contributed by atoms with van der Waals surface area (Å²) >= 11 is 0. The van der Waals surface area contributed by atoms with Crippen LogP contribution in [0.3, 0.4) is 0 Å². The lowest BCUT2D eigenvalue weighted by Crippen LogP contribution is -2.60. The molecule has 5 atom stereocenters. The van der Waals surface area contributed by atoms with Gasteiger partial charge in [0.15, 0.2) is 18.2 Å². The van der Waals surface area contributed by atoms with Crippen LogP contribution < -0.4 is 0 Å². The van der Waals surface area contributed by atoms with Gasteiger partial charge in [-0.1, -0.05) is 0 Å². The maximum absolute atomic E-state index is 12.6. The van der Waals surface area contributed by atoms with E-state index in [9.17, 15) is 19.4 Å². The molecule has 0 radical (unpaired) electrons. The standard InChI is InChI=1S/C11H17FO8/c1-10(2)19-8(11(16,20-10)9(14)15)7-5(13)4-17-6(3-12)18-7/h5-8,13,16H,3-4H2,1-2H3,(H,14,15)/t5-,6?,7+,8-,11-/m0/s1. The fourth-order valence-corrected chi connectivity index (χ4v) is 2.26. The number of carboxylic acid groups (broad SMARTS) is 1. The molecule has 0 aromatic rings. The van der Waals surface area contributed by atoms with Crippen molar-refractivity contribution in [3.8, 4) is 0 Å². The predicted molar refractivity (Wildman–Crippen MR) is 59.2 cm³/mol. The van der Waals surface area contributed by atoms with Crippen molar-refractivity contribution in [1.82, 2.24) is 0 Å². The molecule has 0 spiro atoms. The van der Waals surface area contributed by atoms with E-state index < -0.39 is 48.8 Å². The van der Waals surface area contributed by atoms with E-state index in [0.717, 1.165) is 0 Å². The molecule has 2 fully saturated rings. The number of rotatable bonds is 3. The maximum atomic E-state index is 12.6. The van der Waals surface area contributed by atoms with Gasteiger partial charge in [0, 0.05) is 0 Å². The molecule has 0 aromatic carbocycles. The van der Waals surface area contributed by atoms with Gasteiger partial charge in [-0.15, -0.1) is 0 Å². The average Bonchev–Trinajstić information content (AvgIpc) is 2.61. The van der Waals surface area contributed by atoms with Crippen LogP contribution in [-0.4, -0.2) is 70.7 Å². The first-order valence-electron chi connectivity index (χ1n) is 6.04. The lowest BCUT2D eigenvalue weighted by molar-refractivity contribution is -0.293. The zero-order valence-corrected chi connectivity index (χ0v) is 11.0. The number of ether oxygens (including phenoxy) is 4. The molecule has 2 heterocycles. The number of aliphatic hydroxyl groups excluding tert-OH is 1. The van der Waals surface area contributed by atoms with Gasteiger partial charge in [-0.05, 0) is 13.8 Å². The Morgan fingerprint density at radius 3 is 2.65 bits per heavy atom. The van der Waals surface area contributed by atoms with Gasteiger partial charge < -0.3 is 34.3 Å². The Labute approximate surface area is 114 Å². The van der Waals surface area contributed by atoms with E-state index >= 15 is 0 Å². The number of aliphatic carboxylic acids is 1. The van der Waals surface area contributed by atoms with Crippen LogP contribution >= 0.6 is 0 Å². The quantitative estimate of drug-likeness (QED) is 0.606. The van der Waals surface area contributed by atoms with E-state index in [-0.39, 0.29) is 6.61 Å². The van der Waals surface area contributed by atoms with E-state index in [4.69, 9.17) is 24.1 Å². The smallest absolute Gasteiger partial charge is 0.367 e. The van der Waals surface area contributed by atoms with Gasteiger partial charge in [-0.3, -0.25) is 0 Å². The van der Waals surface area contributed by atoms with Crippen molar-refractivity contribution < 1.29 is 43.5 Å². The number of halogens is 1. The van der Waals surface area contributed by atoms with E-state index in [1.165, 1.54) is 13.8 Å². The molecule has 116 valence electrons. The van der Waals surface area contributed by atoms with Crippen LogP contribution in [0.25, 0.3) is 0 Å². The van der Waals surface area contributed by atoms with Crippen molar-refractivity contribution in [1.29, 1.82) is 0 Å². The van der Waals surface area contributed by atoms with Gasteiger partial charge in [-0.2, -0.15) is 0 Å². The van der Waals surface area contributed by atoms with Crippen LogP contribution in [0.5, 0.6) is 0 Å². The number of alkyl halides is 1. The molecule has 8 nitrogen and oxygen atoms in total. The summed E-state index contributed by atoms with van der Waals surface area (Å²) in [7, 11) is 0. The van der Waals surface area contributed by atoms with E-state index in [1.54, 1.807) is 0 Å². The normalized spacial score (nSPS) is 44.5. The summed E-state index contributed by atoms with van der Waals surface area (Å²) in [5.74, 6) is -5.79. The molecule has 2 aliphatic rings. The summed E-state index contributed by atoms with van der Waals surface area (Å²) < 4.78 is 32.8. The van der Waals surface area contributed by atoms with Crippen molar-refractivity contribution in [3.05, 3.63) is 0 Å². The zero-order valence-electron chi connectivity index (χ0n) is 11.0. The first-order chi connectivity index (χ1) is 9.19. The summed E-state index contributed by atoms with van der Waals surface area (Å²) in [6.07, 6.45) is -5.37. The van der Waals surface area contributed by atoms with E-state index in [1.807, 2.05) is 0 Å². The monoisotopic (exact) mass is 296 g/mol. The highest BCUT2D eigenvalue weighted by Crippen LogP contribution is 2.39. The molecule has 0 saturated carbocycles.